The maximum Gasteiger partial charge on any atom is 0.255 e. The summed E-state index contributed by atoms with van der Waals surface area (Å²) in [5, 5.41) is 15.2. The van der Waals surface area contributed by atoms with Gasteiger partial charge in [-0.3, -0.25) is 4.79 Å². The van der Waals surface area contributed by atoms with Gasteiger partial charge in [0.2, 0.25) is 0 Å². The molecule has 0 aromatic heterocycles. The Morgan fingerprint density at radius 2 is 1.50 bits per heavy atom. The lowest BCUT2D eigenvalue weighted by Crippen LogP contribution is -2.29. The quantitative estimate of drug-likeness (QED) is 0.375. The zero-order valence-corrected chi connectivity index (χ0v) is 20.7. The highest BCUT2D eigenvalue weighted by atomic mass is 35.5. The Balaban J connectivity index is 0.00000199. The molecule has 0 heterocycles. The van der Waals surface area contributed by atoms with Crippen molar-refractivity contribution < 1.29 is 23.1 Å². The van der Waals surface area contributed by atoms with E-state index < -0.39 is 21.1 Å². The average molecular weight is 503 g/mol. The van der Waals surface area contributed by atoms with E-state index in [4.69, 9.17) is 16.4 Å². The predicted molar refractivity (Wildman–Crippen MR) is 135 cm³/mol. The van der Waals surface area contributed by atoms with Gasteiger partial charge in [0.15, 0.2) is 9.84 Å². The van der Waals surface area contributed by atoms with Crippen LogP contribution < -0.4 is 10.6 Å². The highest BCUT2D eigenvalue weighted by Gasteiger charge is 2.27. The number of phenols is 1. The lowest BCUT2D eigenvalue weighted by molar-refractivity contribution is -0.0980. The number of sulfone groups is 1. The van der Waals surface area contributed by atoms with Crippen molar-refractivity contribution in [1.29, 1.82) is 0 Å². The molecule has 0 bridgehead atoms. The van der Waals surface area contributed by atoms with E-state index in [2.05, 4.69) is 10.6 Å². The summed E-state index contributed by atoms with van der Waals surface area (Å²) in [6.07, 6.45) is 0.277. The van der Waals surface area contributed by atoms with Gasteiger partial charge in [-0.15, -0.1) is 0 Å². The maximum atomic E-state index is 13.0. The van der Waals surface area contributed by atoms with E-state index in [1.807, 2.05) is 32.8 Å². The van der Waals surface area contributed by atoms with Crippen LogP contribution in [0.2, 0.25) is 5.02 Å². The molecule has 0 saturated carbocycles. The fraction of sp³-hybridized carbons (Fsp3) is 0.200. The van der Waals surface area contributed by atoms with E-state index in [1.165, 1.54) is 12.1 Å². The molecular formula is C25H27ClN2O5S. The van der Waals surface area contributed by atoms with Gasteiger partial charge in [-0.1, -0.05) is 53.9 Å². The molecule has 0 radical (unpaired) electrons. The predicted octanol–water partition coefficient (Wildman–Crippen LogP) is 5.35. The first-order valence-corrected chi connectivity index (χ1v) is 12.3. The largest absolute Gasteiger partial charge is 0.506 e. The Morgan fingerprint density at radius 1 is 0.971 bits per heavy atom. The van der Waals surface area contributed by atoms with E-state index in [0.29, 0.717) is 5.56 Å². The molecule has 3 aromatic carbocycles. The average Bonchev–Trinajstić information content (AvgIpc) is 2.82. The first-order valence-electron chi connectivity index (χ1n) is 10.4. The molecule has 0 saturated heterocycles. The number of benzene rings is 3. The van der Waals surface area contributed by atoms with Crippen molar-refractivity contribution in [1.82, 2.24) is 0 Å². The van der Waals surface area contributed by atoms with Crippen molar-refractivity contribution in [3.05, 3.63) is 82.4 Å². The lowest BCUT2D eigenvalue weighted by atomic mass is 10.1. The van der Waals surface area contributed by atoms with Crippen LogP contribution in [-0.4, -0.2) is 31.6 Å². The van der Waals surface area contributed by atoms with Gasteiger partial charge in [-0.25, -0.2) is 8.42 Å². The number of amides is 1. The first-order chi connectivity index (χ1) is 16.1. The summed E-state index contributed by atoms with van der Waals surface area (Å²) in [7, 11) is -3.69. The molecule has 9 heteroatoms. The molecule has 1 amide bonds. The van der Waals surface area contributed by atoms with Gasteiger partial charge in [0.25, 0.3) is 5.91 Å². The molecule has 3 rings (SSSR count). The zero-order valence-electron chi connectivity index (χ0n) is 19.1. The summed E-state index contributed by atoms with van der Waals surface area (Å²) in [6, 6.07) is 16.3. The number of rotatable bonds is 7. The highest BCUT2D eigenvalue weighted by molar-refractivity contribution is 7.92. The van der Waals surface area contributed by atoms with Gasteiger partial charge in [-0.05, 0) is 50.6 Å². The lowest BCUT2D eigenvalue weighted by Gasteiger charge is -2.21. The van der Waals surface area contributed by atoms with Crippen LogP contribution in [0, 0.1) is 13.8 Å². The second-order valence-electron chi connectivity index (χ2n) is 7.57. The van der Waals surface area contributed by atoms with Gasteiger partial charge in [0, 0.05) is 11.6 Å². The van der Waals surface area contributed by atoms with Crippen LogP contribution in [0.5, 0.6) is 5.75 Å². The van der Waals surface area contributed by atoms with E-state index in [1.54, 1.807) is 43.3 Å². The smallest absolute Gasteiger partial charge is 0.255 e. The summed E-state index contributed by atoms with van der Waals surface area (Å²) < 4.78 is 26.1. The van der Waals surface area contributed by atoms with Gasteiger partial charge < -0.3 is 20.5 Å². The van der Waals surface area contributed by atoms with Crippen molar-refractivity contribution in [3.63, 3.8) is 0 Å². The number of carbonyl (C=O) groups is 2. The van der Waals surface area contributed by atoms with Crippen molar-refractivity contribution in [3.8, 4) is 5.75 Å². The second kappa shape index (κ2) is 11.7. The zero-order chi connectivity index (χ0) is 25.5. The Hall–Kier alpha value is -3.36. The van der Waals surface area contributed by atoms with Gasteiger partial charge in [0.1, 0.15) is 17.9 Å². The van der Waals surface area contributed by atoms with E-state index in [-0.39, 0.29) is 33.5 Å². The molecule has 0 fully saturated rings. The number of hydrogen-bond acceptors (Lipinski definition) is 6. The van der Waals surface area contributed by atoms with Crippen LogP contribution in [0.3, 0.4) is 0 Å². The topological polar surface area (TPSA) is 113 Å². The molecule has 34 heavy (non-hydrogen) atoms. The molecule has 0 aliphatic heterocycles. The van der Waals surface area contributed by atoms with Crippen molar-refractivity contribution in [2.24, 2.45) is 0 Å². The molecular weight excluding hydrogens is 476 g/mol. The number of halogens is 1. The summed E-state index contributed by atoms with van der Waals surface area (Å²) in [5.74, 6) is -0.634. The standard InChI is InChI=1S/C24H25ClN2O4S.CH2O/c1-4-23(32(30,31)18-11-7-16(3)8-12-18)26-20-14-22(28)21(13-19(20)25)27-24(29)17-9-5-15(2)6-10-17;1-2/h5-14,23,26,28H,4H2,1-3H3,(H,27,29);1H2. The minimum atomic E-state index is -3.69. The molecule has 0 spiro atoms. The Labute approximate surface area is 204 Å². The van der Waals surface area contributed by atoms with E-state index in [9.17, 15) is 18.3 Å². The van der Waals surface area contributed by atoms with Crippen LogP contribution in [0.25, 0.3) is 0 Å². The van der Waals surface area contributed by atoms with Crippen molar-refractivity contribution in [2.75, 3.05) is 10.6 Å². The van der Waals surface area contributed by atoms with Crippen molar-refractivity contribution in [2.45, 2.75) is 37.5 Å². The van der Waals surface area contributed by atoms with Crippen LogP contribution in [0.1, 0.15) is 34.8 Å². The number of nitrogens with one attached hydrogen (secondary N) is 2. The molecule has 3 N–H and O–H groups in total. The number of aryl methyl sites for hydroxylation is 2. The third-order valence-electron chi connectivity index (χ3n) is 5.06. The monoisotopic (exact) mass is 502 g/mol. The summed E-state index contributed by atoms with van der Waals surface area (Å²) >= 11 is 6.35. The summed E-state index contributed by atoms with van der Waals surface area (Å²) in [6.45, 7) is 7.54. The number of anilines is 2. The molecule has 180 valence electrons. The number of aromatic hydroxyl groups is 1. The molecule has 3 aromatic rings. The minimum absolute atomic E-state index is 0.126. The van der Waals surface area contributed by atoms with Crippen LogP contribution in [-0.2, 0) is 14.6 Å². The molecule has 0 aliphatic carbocycles. The molecule has 7 nitrogen and oxygen atoms in total. The Kier molecular flexibility index (Phi) is 9.23. The summed E-state index contributed by atoms with van der Waals surface area (Å²) in [4.78, 5) is 20.6. The summed E-state index contributed by atoms with van der Waals surface area (Å²) in [5.41, 5.74) is 2.79. The maximum absolute atomic E-state index is 13.0. The van der Waals surface area contributed by atoms with E-state index >= 15 is 0 Å². The third kappa shape index (κ3) is 6.36. The van der Waals surface area contributed by atoms with Crippen molar-refractivity contribution >= 4 is 45.5 Å². The van der Waals surface area contributed by atoms with Crippen LogP contribution >= 0.6 is 11.6 Å². The SMILES string of the molecule is C=O.CCC(Nc1cc(O)c(NC(=O)c2ccc(C)cc2)cc1Cl)S(=O)(=O)c1ccc(C)cc1. The number of carbonyl (C=O) groups excluding carboxylic acids is 2. The van der Waals surface area contributed by atoms with E-state index in [0.717, 1.165) is 11.1 Å². The van der Waals surface area contributed by atoms with Crippen LogP contribution in [0.15, 0.2) is 65.6 Å². The highest BCUT2D eigenvalue weighted by Crippen LogP contribution is 2.35. The second-order valence-corrected chi connectivity index (χ2v) is 10.1. The molecule has 1 atom stereocenters. The van der Waals surface area contributed by atoms with Gasteiger partial charge >= 0.3 is 0 Å². The van der Waals surface area contributed by atoms with Crippen LogP contribution in [0.4, 0.5) is 11.4 Å². The Bertz CT molecular complexity index is 1240. The fourth-order valence-electron chi connectivity index (χ4n) is 3.14. The normalized spacial score (nSPS) is 11.6. The Morgan fingerprint density at radius 3 is 2.03 bits per heavy atom. The molecule has 1 unspecified atom stereocenters. The van der Waals surface area contributed by atoms with Gasteiger partial charge in [0.05, 0.1) is 21.3 Å². The fourth-order valence-corrected chi connectivity index (χ4v) is 4.92. The molecule has 0 aliphatic rings. The third-order valence-corrected chi connectivity index (χ3v) is 7.50. The minimum Gasteiger partial charge on any atom is -0.506 e. The van der Waals surface area contributed by atoms with Gasteiger partial charge in [-0.2, -0.15) is 0 Å². The first kappa shape index (κ1) is 26.9. The number of hydrogen-bond donors (Lipinski definition) is 3. The number of phenolic OH excluding ortho intramolecular Hbond substituents is 1.